The van der Waals surface area contributed by atoms with Gasteiger partial charge in [-0.3, -0.25) is 10.1 Å². The quantitative estimate of drug-likeness (QED) is 0.401. The maximum atomic E-state index is 11.8. The Morgan fingerprint density at radius 1 is 1.00 bits per heavy atom. The zero-order chi connectivity index (χ0) is 20.3. The van der Waals surface area contributed by atoms with Gasteiger partial charge in [-0.2, -0.15) is 0 Å². The van der Waals surface area contributed by atoms with Crippen LogP contribution in [0.15, 0.2) is 42.7 Å². The Hall–Kier alpha value is -3.10. The second-order valence-electron chi connectivity index (χ2n) is 5.73. The van der Waals surface area contributed by atoms with Crippen molar-refractivity contribution in [1.29, 1.82) is 0 Å². The average molecular weight is 420 g/mol. The van der Waals surface area contributed by atoms with Gasteiger partial charge in [0.2, 0.25) is 11.6 Å². The molecule has 0 aliphatic carbocycles. The van der Waals surface area contributed by atoms with E-state index in [1.165, 1.54) is 13.4 Å². The highest BCUT2D eigenvalue weighted by Gasteiger charge is 2.24. The Morgan fingerprint density at radius 2 is 1.61 bits per heavy atom. The summed E-state index contributed by atoms with van der Waals surface area (Å²) in [5, 5.41) is 18.6. The molecule has 0 bridgehead atoms. The summed E-state index contributed by atoms with van der Waals surface area (Å²) < 4.78 is 5.26. The molecule has 1 aromatic heterocycles. The minimum atomic E-state index is -0.563. The fourth-order valence-electron chi connectivity index (χ4n) is 2.54. The summed E-state index contributed by atoms with van der Waals surface area (Å²) in [5.41, 5.74) is 1.56. The van der Waals surface area contributed by atoms with Gasteiger partial charge in [0.1, 0.15) is 12.1 Å². The number of aromatic nitrogens is 2. The summed E-state index contributed by atoms with van der Waals surface area (Å²) in [6.45, 7) is 1.83. The van der Waals surface area contributed by atoms with E-state index in [9.17, 15) is 10.1 Å². The first kappa shape index (κ1) is 19.7. The molecule has 0 atom stereocenters. The van der Waals surface area contributed by atoms with E-state index in [4.69, 9.17) is 27.9 Å². The number of benzene rings is 2. The van der Waals surface area contributed by atoms with E-state index in [1.54, 1.807) is 36.4 Å². The molecular weight excluding hydrogens is 405 g/mol. The van der Waals surface area contributed by atoms with E-state index < -0.39 is 4.92 Å². The molecule has 10 heteroatoms. The monoisotopic (exact) mass is 419 g/mol. The van der Waals surface area contributed by atoms with Crippen molar-refractivity contribution in [1.82, 2.24) is 9.97 Å². The predicted octanol–water partition coefficient (Wildman–Crippen LogP) is 5.50. The van der Waals surface area contributed by atoms with Crippen molar-refractivity contribution in [2.75, 3.05) is 17.7 Å². The smallest absolute Gasteiger partial charge is 0.353 e. The molecule has 0 aliphatic rings. The van der Waals surface area contributed by atoms with E-state index in [0.717, 1.165) is 5.56 Å². The Bertz CT molecular complexity index is 1050. The molecule has 0 amide bonds. The van der Waals surface area contributed by atoms with Gasteiger partial charge in [-0.25, -0.2) is 9.97 Å². The minimum Gasteiger partial charge on any atom is -0.495 e. The van der Waals surface area contributed by atoms with Crippen LogP contribution in [0.4, 0.5) is 28.7 Å². The van der Waals surface area contributed by atoms with Crippen LogP contribution < -0.4 is 15.4 Å². The van der Waals surface area contributed by atoms with Crippen molar-refractivity contribution in [3.05, 3.63) is 68.4 Å². The number of hydrogen-bond donors (Lipinski definition) is 2. The molecule has 3 rings (SSSR count). The molecule has 2 N–H and O–H groups in total. The lowest BCUT2D eigenvalue weighted by Crippen LogP contribution is -2.06. The van der Waals surface area contributed by atoms with Crippen LogP contribution in [0.25, 0.3) is 0 Å². The van der Waals surface area contributed by atoms with Gasteiger partial charge in [-0.1, -0.05) is 23.2 Å². The van der Waals surface area contributed by atoms with Crippen LogP contribution in [-0.4, -0.2) is 22.0 Å². The highest BCUT2D eigenvalue weighted by Crippen LogP contribution is 2.37. The SMILES string of the molecule is COc1ccc(Cl)cc1Nc1ncnc(Nc2ccc(Cl)cc2C)c1[N+](=O)[O-]. The number of halogens is 2. The summed E-state index contributed by atoms with van der Waals surface area (Å²) in [7, 11) is 1.49. The number of nitrogens with one attached hydrogen (secondary N) is 2. The third kappa shape index (κ3) is 4.24. The topological polar surface area (TPSA) is 102 Å². The summed E-state index contributed by atoms with van der Waals surface area (Å²) in [6.07, 6.45) is 1.22. The maximum absolute atomic E-state index is 11.8. The first-order chi connectivity index (χ1) is 13.4. The highest BCUT2D eigenvalue weighted by atomic mass is 35.5. The van der Waals surface area contributed by atoms with Crippen LogP contribution >= 0.6 is 23.2 Å². The van der Waals surface area contributed by atoms with Crippen molar-refractivity contribution in [3.8, 4) is 5.75 Å². The predicted molar refractivity (Wildman–Crippen MR) is 109 cm³/mol. The molecular formula is C18H15Cl2N5O3. The molecule has 28 heavy (non-hydrogen) atoms. The van der Waals surface area contributed by atoms with E-state index in [2.05, 4.69) is 20.6 Å². The summed E-state index contributed by atoms with van der Waals surface area (Å²) >= 11 is 12.0. The van der Waals surface area contributed by atoms with Crippen molar-refractivity contribution in [2.24, 2.45) is 0 Å². The fraction of sp³-hybridized carbons (Fsp3) is 0.111. The van der Waals surface area contributed by atoms with Gasteiger partial charge >= 0.3 is 5.69 Å². The van der Waals surface area contributed by atoms with Crippen molar-refractivity contribution in [2.45, 2.75) is 6.92 Å². The molecule has 0 fully saturated rings. The summed E-state index contributed by atoms with van der Waals surface area (Å²) in [5.74, 6) is 0.490. The van der Waals surface area contributed by atoms with Crippen LogP contribution in [-0.2, 0) is 0 Å². The average Bonchev–Trinajstić information content (AvgIpc) is 2.64. The number of ether oxygens (including phenoxy) is 1. The zero-order valence-electron chi connectivity index (χ0n) is 14.9. The molecule has 1 heterocycles. The third-order valence-corrected chi connectivity index (χ3v) is 4.33. The lowest BCUT2D eigenvalue weighted by atomic mass is 10.2. The van der Waals surface area contributed by atoms with E-state index in [-0.39, 0.29) is 17.3 Å². The van der Waals surface area contributed by atoms with Gasteiger partial charge in [0, 0.05) is 15.7 Å². The standard InChI is InChI=1S/C18H15Cl2N5O3/c1-10-7-11(19)3-5-13(10)23-17-16(25(26)27)18(22-9-21-17)24-14-8-12(20)4-6-15(14)28-2/h3-9H,1-2H3,(H2,21,22,23,24). The largest absolute Gasteiger partial charge is 0.495 e. The number of nitro groups is 1. The van der Waals surface area contributed by atoms with Crippen LogP contribution in [0.2, 0.25) is 10.0 Å². The van der Waals surface area contributed by atoms with Gasteiger partial charge in [0.05, 0.1) is 17.7 Å². The Balaban J connectivity index is 2.03. The molecule has 3 aromatic rings. The van der Waals surface area contributed by atoms with Crippen molar-refractivity contribution >= 4 is 51.9 Å². The number of nitrogens with zero attached hydrogens (tertiary/aromatic N) is 3. The van der Waals surface area contributed by atoms with Gasteiger partial charge in [-0.15, -0.1) is 0 Å². The Labute approximate surface area is 170 Å². The molecule has 144 valence electrons. The van der Waals surface area contributed by atoms with Crippen molar-refractivity contribution < 1.29 is 9.66 Å². The highest BCUT2D eigenvalue weighted by molar-refractivity contribution is 6.31. The van der Waals surface area contributed by atoms with Crippen LogP contribution in [0.5, 0.6) is 5.75 Å². The van der Waals surface area contributed by atoms with E-state index in [0.29, 0.717) is 27.2 Å². The number of hydrogen-bond acceptors (Lipinski definition) is 7. The molecule has 2 aromatic carbocycles. The molecule has 0 saturated carbocycles. The number of methoxy groups -OCH3 is 1. The number of aryl methyl sites for hydroxylation is 1. The first-order valence-electron chi connectivity index (χ1n) is 8.02. The first-order valence-corrected chi connectivity index (χ1v) is 8.77. The second-order valence-corrected chi connectivity index (χ2v) is 6.60. The summed E-state index contributed by atoms with van der Waals surface area (Å²) in [4.78, 5) is 19.2. The van der Waals surface area contributed by atoms with Crippen LogP contribution in [0.1, 0.15) is 5.56 Å². The molecule has 8 nitrogen and oxygen atoms in total. The van der Waals surface area contributed by atoms with Gasteiger partial charge < -0.3 is 15.4 Å². The lowest BCUT2D eigenvalue weighted by Gasteiger charge is -2.13. The molecule has 0 spiro atoms. The van der Waals surface area contributed by atoms with Crippen molar-refractivity contribution in [3.63, 3.8) is 0 Å². The molecule has 0 aliphatic heterocycles. The second kappa shape index (κ2) is 8.28. The lowest BCUT2D eigenvalue weighted by molar-refractivity contribution is -0.383. The van der Waals surface area contributed by atoms with E-state index >= 15 is 0 Å². The summed E-state index contributed by atoms with van der Waals surface area (Å²) in [6, 6.07) is 10.0. The Morgan fingerprint density at radius 3 is 2.21 bits per heavy atom. The molecule has 0 saturated heterocycles. The number of rotatable bonds is 6. The van der Waals surface area contributed by atoms with Gasteiger partial charge in [-0.05, 0) is 48.9 Å². The fourth-order valence-corrected chi connectivity index (χ4v) is 2.93. The van der Waals surface area contributed by atoms with Gasteiger partial charge in [0.15, 0.2) is 0 Å². The number of anilines is 4. The normalized spacial score (nSPS) is 10.4. The van der Waals surface area contributed by atoms with Gasteiger partial charge in [0.25, 0.3) is 0 Å². The molecule has 0 radical (unpaired) electrons. The zero-order valence-corrected chi connectivity index (χ0v) is 16.4. The maximum Gasteiger partial charge on any atom is 0.353 e. The minimum absolute atomic E-state index is 0.00492. The third-order valence-electron chi connectivity index (χ3n) is 3.86. The Kier molecular flexibility index (Phi) is 5.81. The van der Waals surface area contributed by atoms with E-state index in [1.807, 2.05) is 6.92 Å². The molecule has 0 unspecified atom stereocenters. The van der Waals surface area contributed by atoms with Crippen LogP contribution in [0, 0.1) is 17.0 Å². The van der Waals surface area contributed by atoms with Crippen LogP contribution in [0.3, 0.4) is 0 Å².